The van der Waals surface area contributed by atoms with Crippen molar-refractivity contribution in [1.29, 1.82) is 0 Å². The van der Waals surface area contributed by atoms with Crippen LogP contribution in [0.4, 0.5) is 0 Å². The number of rotatable bonds is 8. The van der Waals surface area contributed by atoms with Crippen LogP contribution >= 0.6 is 15.9 Å². The van der Waals surface area contributed by atoms with Crippen LogP contribution in [0.15, 0.2) is 120 Å². The summed E-state index contributed by atoms with van der Waals surface area (Å²) >= 11 is 3.49. The van der Waals surface area contributed by atoms with Gasteiger partial charge >= 0.3 is 0 Å². The molecule has 0 bridgehead atoms. The second-order valence-corrected chi connectivity index (χ2v) is 8.76. The minimum atomic E-state index is -0.337. The Labute approximate surface area is 198 Å². The van der Waals surface area contributed by atoms with Gasteiger partial charge in [-0.2, -0.15) is 0 Å². The third-order valence-corrected chi connectivity index (χ3v) is 6.26. The summed E-state index contributed by atoms with van der Waals surface area (Å²) in [6, 6.07) is 39.0. The number of amides is 1. The van der Waals surface area contributed by atoms with E-state index in [1.807, 2.05) is 66.7 Å². The van der Waals surface area contributed by atoms with Crippen molar-refractivity contribution in [3.05, 3.63) is 142 Å². The van der Waals surface area contributed by atoms with Crippen LogP contribution in [-0.2, 0) is 4.79 Å². The molecule has 0 aliphatic heterocycles. The van der Waals surface area contributed by atoms with Crippen LogP contribution in [0, 0.1) is 0 Å². The summed E-state index contributed by atoms with van der Waals surface area (Å²) in [5.74, 6) is -0.0739. The maximum atomic E-state index is 13.4. The predicted octanol–water partition coefficient (Wildman–Crippen LogP) is 6.92. The predicted molar refractivity (Wildman–Crippen MR) is 135 cm³/mol. The molecule has 1 atom stereocenters. The fourth-order valence-corrected chi connectivity index (χ4v) is 4.40. The van der Waals surface area contributed by atoms with Crippen molar-refractivity contribution in [2.45, 2.75) is 18.3 Å². The van der Waals surface area contributed by atoms with Gasteiger partial charge in [0.05, 0.1) is 5.92 Å². The van der Waals surface area contributed by atoms with E-state index in [1.54, 1.807) is 0 Å². The first-order valence-electron chi connectivity index (χ1n) is 10.9. The summed E-state index contributed by atoms with van der Waals surface area (Å²) in [5.41, 5.74) is 4.51. The van der Waals surface area contributed by atoms with Gasteiger partial charge < -0.3 is 5.32 Å². The molecule has 0 heterocycles. The Morgan fingerprint density at radius 2 is 1.06 bits per heavy atom. The molecule has 0 aliphatic rings. The average molecular weight is 484 g/mol. The van der Waals surface area contributed by atoms with Gasteiger partial charge in [0, 0.05) is 16.9 Å². The molecule has 0 spiro atoms. The molecule has 0 saturated carbocycles. The molecule has 3 heteroatoms. The molecule has 0 fully saturated rings. The minimum absolute atomic E-state index is 0.0263. The van der Waals surface area contributed by atoms with E-state index in [-0.39, 0.29) is 17.7 Å². The van der Waals surface area contributed by atoms with E-state index in [9.17, 15) is 4.79 Å². The van der Waals surface area contributed by atoms with Crippen molar-refractivity contribution in [2.75, 3.05) is 6.54 Å². The van der Waals surface area contributed by atoms with Crippen molar-refractivity contribution < 1.29 is 4.79 Å². The molecule has 160 valence electrons. The molecule has 0 aliphatic carbocycles. The molecule has 0 aromatic heterocycles. The van der Waals surface area contributed by atoms with Gasteiger partial charge in [0.25, 0.3) is 0 Å². The Morgan fingerprint density at radius 3 is 1.56 bits per heavy atom. The number of carbonyl (C=O) groups is 1. The average Bonchev–Trinajstić information content (AvgIpc) is 2.85. The molecule has 2 nitrogen and oxygen atoms in total. The van der Waals surface area contributed by atoms with Crippen LogP contribution in [-0.4, -0.2) is 12.5 Å². The largest absolute Gasteiger partial charge is 0.355 e. The highest BCUT2D eigenvalue weighted by atomic mass is 79.9. The van der Waals surface area contributed by atoms with E-state index < -0.39 is 0 Å². The third kappa shape index (κ3) is 5.54. The standard InChI is InChI=1S/C29H26BrNO/c30-26-18-16-25(17-19-26)28(24-14-8-3-9-15-24)29(32)31-21-20-27(22-10-4-1-5-11-22)23-12-6-2-7-13-23/h1-19,27-28H,20-21H2,(H,31,32). The van der Waals surface area contributed by atoms with Crippen molar-refractivity contribution in [3.63, 3.8) is 0 Å². The summed E-state index contributed by atoms with van der Waals surface area (Å²) in [6.07, 6.45) is 0.835. The van der Waals surface area contributed by atoms with Crippen LogP contribution in [0.3, 0.4) is 0 Å². The van der Waals surface area contributed by atoms with Crippen molar-refractivity contribution in [2.24, 2.45) is 0 Å². The molecular weight excluding hydrogens is 458 g/mol. The van der Waals surface area contributed by atoms with Gasteiger partial charge in [-0.1, -0.05) is 119 Å². The Morgan fingerprint density at radius 1 is 0.625 bits per heavy atom. The second-order valence-electron chi connectivity index (χ2n) is 7.85. The fourth-order valence-electron chi connectivity index (χ4n) is 4.13. The highest BCUT2D eigenvalue weighted by Crippen LogP contribution is 2.29. The number of halogens is 1. The van der Waals surface area contributed by atoms with Gasteiger partial charge in [-0.25, -0.2) is 0 Å². The van der Waals surface area contributed by atoms with Crippen LogP contribution in [0.25, 0.3) is 0 Å². The van der Waals surface area contributed by atoms with Gasteiger partial charge in [0.15, 0.2) is 0 Å². The smallest absolute Gasteiger partial charge is 0.232 e. The lowest BCUT2D eigenvalue weighted by Crippen LogP contribution is -2.31. The normalized spacial score (nSPS) is 11.8. The first kappa shape index (κ1) is 22.0. The zero-order valence-corrected chi connectivity index (χ0v) is 19.4. The molecule has 0 saturated heterocycles. The van der Waals surface area contributed by atoms with Crippen LogP contribution in [0.2, 0.25) is 0 Å². The second kappa shape index (κ2) is 10.9. The van der Waals surface area contributed by atoms with Gasteiger partial charge in [-0.15, -0.1) is 0 Å². The van der Waals surface area contributed by atoms with E-state index in [0.29, 0.717) is 6.54 Å². The van der Waals surface area contributed by atoms with E-state index >= 15 is 0 Å². The van der Waals surface area contributed by atoms with Gasteiger partial charge in [0.2, 0.25) is 5.91 Å². The van der Waals surface area contributed by atoms with Crippen molar-refractivity contribution in [1.82, 2.24) is 5.32 Å². The monoisotopic (exact) mass is 483 g/mol. The zero-order valence-electron chi connectivity index (χ0n) is 17.8. The highest BCUT2D eigenvalue weighted by molar-refractivity contribution is 9.10. The number of benzene rings is 4. The summed E-state index contributed by atoms with van der Waals surface area (Å²) in [4.78, 5) is 13.4. The van der Waals surface area contributed by atoms with Crippen LogP contribution in [0.1, 0.15) is 40.5 Å². The Hall–Kier alpha value is -3.17. The summed E-state index contributed by atoms with van der Waals surface area (Å²) in [5, 5.41) is 3.21. The molecule has 4 aromatic rings. The lowest BCUT2D eigenvalue weighted by molar-refractivity contribution is -0.121. The number of hydrogen-bond donors (Lipinski definition) is 1. The Kier molecular flexibility index (Phi) is 7.52. The molecular formula is C29H26BrNO. The Balaban J connectivity index is 1.51. The lowest BCUT2D eigenvalue weighted by atomic mass is 9.88. The fraction of sp³-hybridized carbons (Fsp3) is 0.138. The molecule has 32 heavy (non-hydrogen) atoms. The number of hydrogen-bond acceptors (Lipinski definition) is 1. The zero-order chi connectivity index (χ0) is 22.2. The molecule has 1 amide bonds. The van der Waals surface area contributed by atoms with Gasteiger partial charge in [-0.05, 0) is 40.8 Å². The summed E-state index contributed by atoms with van der Waals surface area (Å²) in [6.45, 7) is 0.604. The highest BCUT2D eigenvalue weighted by Gasteiger charge is 2.23. The van der Waals surface area contributed by atoms with Crippen LogP contribution < -0.4 is 5.32 Å². The molecule has 4 rings (SSSR count). The lowest BCUT2D eigenvalue weighted by Gasteiger charge is -2.21. The maximum Gasteiger partial charge on any atom is 0.232 e. The van der Waals surface area contributed by atoms with Crippen molar-refractivity contribution >= 4 is 21.8 Å². The van der Waals surface area contributed by atoms with E-state index in [1.165, 1.54) is 11.1 Å². The van der Waals surface area contributed by atoms with Crippen molar-refractivity contribution in [3.8, 4) is 0 Å². The minimum Gasteiger partial charge on any atom is -0.355 e. The summed E-state index contributed by atoms with van der Waals surface area (Å²) in [7, 11) is 0. The quantitative estimate of drug-likeness (QED) is 0.289. The topological polar surface area (TPSA) is 29.1 Å². The molecule has 4 aromatic carbocycles. The SMILES string of the molecule is O=C(NCCC(c1ccccc1)c1ccccc1)C(c1ccccc1)c1ccc(Br)cc1. The molecule has 0 radical (unpaired) electrons. The maximum absolute atomic E-state index is 13.4. The van der Waals surface area contributed by atoms with Gasteiger partial charge in [0.1, 0.15) is 0 Å². The molecule has 1 unspecified atom stereocenters. The Bertz CT molecular complexity index is 1070. The first-order valence-corrected chi connectivity index (χ1v) is 11.7. The van der Waals surface area contributed by atoms with Crippen LogP contribution in [0.5, 0.6) is 0 Å². The number of nitrogens with one attached hydrogen (secondary N) is 1. The van der Waals surface area contributed by atoms with Gasteiger partial charge in [-0.3, -0.25) is 4.79 Å². The van der Waals surface area contributed by atoms with E-state index in [0.717, 1.165) is 22.0 Å². The van der Waals surface area contributed by atoms with E-state index in [4.69, 9.17) is 0 Å². The number of carbonyl (C=O) groups excluding carboxylic acids is 1. The third-order valence-electron chi connectivity index (χ3n) is 5.73. The van der Waals surface area contributed by atoms with E-state index in [2.05, 4.69) is 69.8 Å². The molecule has 1 N–H and O–H groups in total. The summed E-state index contributed by atoms with van der Waals surface area (Å²) < 4.78 is 1.00. The first-order chi connectivity index (χ1) is 15.7.